The van der Waals surface area contributed by atoms with Gasteiger partial charge in [-0.15, -0.1) is 0 Å². The van der Waals surface area contributed by atoms with Gasteiger partial charge < -0.3 is 13.9 Å². The number of aromatic nitrogens is 2. The average molecular weight is 423 g/mol. The number of fused-ring (bicyclic) bond motifs is 1. The van der Waals surface area contributed by atoms with E-state index < -0.39 is 25.8 Å². The Bertz CT molecular complexity index is 896. The van der Waals surface area contributed by atoms with Gasteiger partial charge in [-0.25, -0.2) is 4.79 Å². The number of hydrogen-bond acceptors (Lipinski definition) is 5. The van der Waals surface area contributed by atoms with E-state index in [1.165, 1.54) is 16.7 Å². The molecule has 4 atom stereocenters. The molecule has 2 aliphatic heterocycles. The van der Waals surface area contributed by atoms with E-state index in [0.717, 1.165) is 6.42 Å². The minimum Gasteiger partial charge on any atom is -0.414 e. The highest BCUT2D eigenvalue weighted by atomic mass is 28.4. The summed E-state index contributed by atoms with van der Waals surface area (Å²) in [4.78, 5) is 26.7. The van der Waals surface area contributed by atoms with Gasteiger partial charge in [-0.1, -0.05) is 27.4 Å². The van der Waals surface area contributed by atoms with Crippen LogP contribution in [0.3, 0.4) is 0 Å². The second-order valence-electron chi connectivity index (χ2n) is 10.3. The van der Waals surface area contributed by atoms with Crippen LogP contribution in [0.15, 0.2) is 22.2 Å². The molecule has 0 amide bonds. The molecule has 0 saturated carbocycles. The van der Waals surface area contributed by atoms with Crippen LogP contribution in [0.1, 0.15) is 53.0 Å². The van der Waals surface area contributed by atoms with Crippen LogP contribution in [-0.2, 0) is 13.9 Å². The fraction of sp³-hybridized carbons (Fsp3) is 0.714. The summed E-state index contributed by atoms with van der Waals surface area (Å²) in [6.07, 6.45) is 1.21. The third-order valence-electron chi connectivity index (χ3n) is 6.56. The molecule has 3 rings (SSSR count). The van der Waals surface area contributed by atoms with E-state index in [4.69, 9.17) is 13.9 Å². The van der Waals surface area contributed by atoms with Crippen molar-refractivity contribution in [1.82, 2.24) is 9.55 Å². The lowest BCUT2D eigenvalue weighted by molar-refractivity contribution is -0.110. The van der Waals surface area contributed by atoms with Gasteiger partial charge in [0.15, 0.2) is 14.5 Å². The van der Waals surface area contributed by atoms with Gasteiger partial charge in [-0.2, -0.15) is 0 Å². The van der Waals surface area contributed by atoms with Crippen molar-refractivity contribution in [1.29, 1.82) is 0 Å². The number of aromatic amines is 1. The molecule has 162 valence electrons. The van der Waals surface area contributed by atoms with Crippen LogP contribution in [-0.4, -0.2) is 42.3 Å². The molecular weight excluding hydrogens is 388 g/mol. The van der Waals surface area contributed by atoms with Crippen LogP contribution < -0.4 is 11.2 Å². The Hall–Kier alpha value is -1.48. The zero-order valence-electron chi connectivity index (χ0n) is 18.6. The molecular formula is C21H34N2O5Si. The maximum absolute atomic E-state index is 12.6. The van der Waals surface area contributed by atoms with Gasteiger partial charge in [0.2, 0.25) is 0 Å². The minimum atomic E-state index is -1.94. The summed E-state index contributed by atoms with van der Waals surface area (Å²) in [6, 6.07) is 1.35. The molecule has 0 aliphatic carbocycles. The van der Waals surface area contributed by atoms with E-state index in [0.29, 0.717) is 12.3 Å². The van der Waals surface area contributed by atoms with E-state index in [9.17, 15) is 9.59 Å². The lowest BCUT2D eigenvalue weighted by Gasteiger charge is -2.37. The Balaban J connectivity index is 1.93. The fourth-order valence-corrected chi connectivity index (χ4v) is 4.99. The largest absolute Gasteiger partial charge is 0.414 e. The third-order valence-corrected chi connectivity index (χ3v) is 11.1. The molecule has 0 bridgehead atoms. The Morgan fingerprint density at radius 3 is 2.62 bits per heavy atom. The average Bonchev–Trinajstić information content (AvgIpc) is 3.04. The molecule has 1 N–H and O–H groups in total. The molecule has 7 nitrogen and oxygen atoms in total. The van der Waals surface area contributed by atoms with Gasteiger partial charge in [0.05, 0.1) is 24.0 Å². The molecule has 1 aromatic heterocycles. The lowest BCUT2D eigenvalue weighted by Crippen LogP contribution is -2.43. The summed E-state index contributed by atoms with van der Waals surface area (Å²) >= 11 is 0. The quantitative estimate of drug-likeness (QED) is 0.737. The molecule has 2 aliphatic rings. The van der Waals surface area contributed by atoms with Gasteiger partial charge in [0.25, 0.3) is 5.56 Å². The predicted molar refractivity (Wildman–Crippen MR) is 116 cm³/mol. The highest BCUT2D eigenvalue weighted by Crippen LogP contribution is 2.48. The van der Waals surface area contributed by atoms with Crippen molar-refractivity contribution >= 4 is 14.4 Å². The van der Waals surface area contributed by atoms with Crippen molar-refractivity contribution < 1.29 is 13.9 Å². The van der Waals surface area contributed by atoms with E-state index in [-0.39, 0.29) is 28.8 Å². The molecule has 3 heterocycles. The molecule has 2 fully saturated rings. The van der Waals surface area contributed by atoms with Crippen LogP contribution in [0.5, 0.6) is 0 Å². The number of hydrogen-bond donors (Lipinski definition) is 1. The van der Waals surface area contributed by atoms with Crippen LogP contribution in [0.25, 0.3) is 6.08 Å². The fourth-order valence-electron chi connectivity index (χ4n) is 3.98. The zero-order valence-corrected chi connectivity index (χ0v) is 19.6. The van der Waals surface area contributed by atoms with E-state index in [2.05, 4.69) is 59.3 Å². The molecule has 29 heavy (non-hydrogen) atoms. The summed E-state index contributed by atoms with van der Waals surface area (Å²) in [5, 5.41) is 0.0989. The molecule has 0 aromatic carbocycles. The summed E-state index contributed by atoms with van der Waals surface area (Å²) in [6.45, 7) is 19.4. The van der Waals surface area contributed by atoms with Crippen molar-refractivity contribution in [2.75, 3.05) is 6.61 Å². The number of rotatable bonds is 5. The second-order valence-corrected chi connectivity index (χ2v) is 15.1. The van der Waals surface area contributed by atoms with Crippen LogP contribution >= 0.6 is 0 Å². The summed E-state index contributed by atoms with van der Waals surface area (Å²) in [5.41, 5.74) is -0.870. The summed E-state index contributed by atoms with van der Waals surface area (Å²) in [7, 11) is -1.94. The normalized spacial score (nSPS) is 29.1. The molecule has 0 spiro atoms. The topological polar surface area (TPSA) is 82.6 Å². The van der Waals surface area contributed by atoms with Gasteiger partial charge in [-0.3, -0.25) is 14.3 Å². The van der Waals surface area contributed by atoms with Crippen molar-refractivity contribution in [3.05, 3.63) is 39.2 Å². The Morgan fingerprint density at radius 1 is 1.38 bits per heavy atom. The Kier molecular flexibility index (Phi) is 5.62. The highest BCUT2D eigenvalue weighted by Gasteiger charge is 2.55. The minimum absolute atomic E-state index is 0.0989. The standard InChI is InChI=1S/C21H34N2O5Si/c1-9-13-10-16(24)22-19(25)23(13)18-17-14(11-21(5,6)28-17)15(27-18)12-26-29(7,8)20(2,3)4/h9-10,14-15,17-18H,1,11-12H2,2-8H3,(H,22,24,25). The number of ether oxygens (including phenoxy) is 2. The number of nitrogens with one attached hydrogen (secondary N) is 1. The molecule has 1 aromatic rings. The summed E-state index contributed by atoms with van der Waals surface area (Å²) < 4.78 is 20.5. The summed E-state index contributed by atoms with van der Waals surface area (Å²) in [5.74, 6) is 0.108. The lowest BCUT2D eigenvalue weighted by atomic mass is 9.91. The monoisotopic (exact) mass is 422 g/mol. The first-order valence-electron chi connectivity index (χ1n) is 10.2. The van der Waals surface area contributed by atoms with E-state index in [1.807, 2.05) is 0 Å². The van der Waals surface area contributed by atoms with Crippen molar-refractivity contribution in [3.63, 3.8) is 0 Å². The Labute approximate surface area is 173 Å². The first-order chi connectivity index (χ1) is 13.3. The first-order valence-corrected chi connectivity index (χ1v) is 13.1. The van der Waals surface area contributed by atoms with E-state index >= 15 is 0 Å². The smallest absolute Gasteiger partial charge is 0.331 e. The number of H-pyrrole nitrogens is 1. The van der Waals surface area contributed by atoms with Gasteiger partial charge >= 0.3 is 5.69 Å². The third kappa shape index (κ3) is 4.21. The maximum atomic E-state index is 12.6. The van der Waals surface area contributed by atoms with Gasteiger partial charge in [-0.05, 0) is 44.5 Å². The molecule has 2 saturated heterocycles. The maximum Gasteiger partial charge on any atom is 0.331 e. The van der Waals surface area contributed by atoms with Crippen LogP contribution in [0, 0.1) is 5.92 Å². The SMILES string of the molecule is C=Cc1cc(=O)[nH]c(=O)n1C1OC(CO[Si](C)(C)C(C)(C)C)C2CC(C)(C)OC21. The van der Waals surface area contributed by atoms with Crippen molar-refractivity contribution in [3.8, 4) is 0 Å². The predicted octanol–water partition coefficient (Wildman–Crippen LogP) is 3.28. The van der Waals surface area contributed by atoms with E-state index in [1.54, 1.807) is 0 Å². The molecule has 0 radical (unpaired) electrons. The molecule has 4 unspecified atom stereocenters. The second kappa shape index (κ2) is 7.33. The van der Waals surface area contributed by atoms with Gasteiger partial charge in [0.1, 0.15) is 6.10 Å². The Morgan fingerprint density at radius 2 is 2.03 bits per heavy atom. The van der Waals surface area contributed by atoms with Crippen molar-refractivity contribution in [2.45, 2.75) is 83.2 Å². The van der Waals surface area contributed by atoms with Gasteiger partial charge in [0, 0.05) is 12.0 Å². The highest BCUT2D eigenvalue weighted by molar-refractivity contribution is 6.74. The van der Waals surface area contributed by atoms with Crippen LogP contribution in [0.2, 0.25) is 18.1 Å². The van der Waals surface area contributed by atoms with Crippen molar-refractivity contribution in [2.24, 2.45) is 5.92 Å². The zero-order chi connectivity index (χ0) is 21.8. The number of nitrogens with zero attached hydrogens (tertiary/aromatic N) is 1. The first kappa shape index (κ1) is 22.2. The van der Waals surface area contributed by atoms with Crippen LogP contribution in [0.4, 0.5) is 0 Å². The molecule has 8 heteroatoms.